The lowest BCUT2D eigenvalue weighted by Crippen LogP contribution is -2.08. The molecule has 0 aromatic heterocycles. The van der Waals surface area contributed by atoms with Gasteiger partial charge in [-0.1, -0.05) is 43.0 Å². The van der Waals surface area contributed by atoms with E-state index in [1.54, 1.807) is 24.3 Å². The zero-order chi connectivity index (χ0) is 17.2. The van der Waals surface area contributed by atoms with Crippen molar-refractivity contribution in [2.24, 2.45) is 0 Å². The molecule has 0 spiro atoms. The lowest BCUT2D eigenvalue weighted by atomic mass is 10.0. The molecule has 0 amide bonds. The van der Waals surface area contributed by atoms with Gasteiger partial charge >= 0.3 is 0 Å². The van der Waals surface area contributed by atoms with Crippen LogP contribution in [0.5, 0.6) is 5.75 Å². The number of fused-ring (bicyclic) bond motifs is 1. The van der Waals surface area contributed by atoms with Crippen LogP contribution in [0.2, 0.25) is 0 Å². The maximum Gasteiger partial charge on any atom is 0.254 e. The Kier molecular flexibility index (Phi) is 4.27. The summed E-state index contributed by atoms with van der Waals surface area (Å²) in [6, 6.07) is 18.6. The van der Waals surface area contributed by atoms with E-state index in [1.165, 1.54) is 0 Å². The number of aromatic hydroxyl groups is 1. The van der Waals surface area contributed by atoms with Crippen LogP contribution in [-0.4, -0.2) is 13.5 Å². The van der Waals surface area contributed by atoms with E-state index in [1.807, 2.05) is 36.4 Å². The molecule has 0 atom stereocenters. The number of nitrogens with one attached hydrogen (secondary N) is 1. The molecule has 0 saturated carbocycles. The van der Waals surface area contributed by atoms with E-state index < -0.39 is 10.0 Å². The molecule has 3 rings (SSSR count). The highest BCUT2D eigenvalue weighted by molar-refractivity contribution is 7.95. The summed E-state index contributed by atoms with van der Waals surface area (Å²) in [7, 11) is -3.48. The standard InChI is InChI=1S/C19H17NO3S/c1-2-24(22,23)20-18-8-4-14(5-9-18)11-15-3-6-16-7-10-19(21)13-17(16)12-15/h2-10,12-13,20-21H,1,11H2. The van der Waals surface area contributed by atoms with Gasteiger partial charge in [0.25, 0.3) is 10.0 Å². The van der Waals surface area contributed by atoms with Crippen molar-refractivity contribution in [2.45, 2.75) is 6.42 Å². The van der Waals surface area contributed by atoms with Crippen LogP contribution in [0.1, 0.15) is 11.1 Å². The van der Waals surface area contributed by atoms with E-state index >= 15 is 0 Å². The first-order valence-electron chi connectivity index (χ1n) is 7.41. The van der Waals surface area contributed by atoms with Crippen molar-refractivity contribution >= 4 is 26.5 Å². The van der Waals surface area contributed by atoms with Crippen LogP contribution in [0, 0.1) is 0 Å². The Labute approximate surface area is 141 Å². The van der Waals surface area contributed by atoms with Gasteiger partial charge in [0.05, 0.1) is 0 Å². The first kappa shape index (κ1) is 16.1. The average molecular weight is 339 g/mol. The fraction of sp³-hybridized carbons (Fsp3) is 0.0526. The van der Waals surface area contributed by atoms with Crippen LogP contribution in [-0.2, 0) is 16.4 Å². The summed E-state index contributed by atoms with van der Waals surface area (Å²) in [5.41, 5.74) is 2.69. The molecule has 0 heterocycles. The minimum atomic E-state index is -3.48. The van der Waals surface area contributed by atoms with Crippen LogP contribution in [0.3, 0.4) is 0 Å². The quantitative estimate of drug-likeness (QED) is 0.738. The van der Waals surface area contributed by atoms with E-state index in [-0.39, 0.29) is 5.75 Å². The Morgan fingerprint density at radius 2 is 1.58 bits per heavy atom. The number of rotatable bonds is 5. The molecule has 0 aliphatic carbocycles. The molecule has 0 aliphatic heterocycles. The third-order valence-electron chi connectivity index (χ3n) is 3.73. The molecule has 0 radical (unpaired) electrons. The Morgan fingerprint density at radius 1 is 0.917 bits per heavy atom. The topological polar surface area (TPSA) is 66.4 Å². The summed E-state index contributed by atoms with van der Waals surface area (Å²) in [4.78, 5) is 0. The van der Waals surface area contributed by atoms with E-state index in [0.717, 1.165) is 33.7 Å². The van der Waals surface area contributed by atoms with Crippen LogP contribution < -0.4 is 4.72 Å². The van der Waals surface area contributed by atoms with Crippen molar-refractivity contribution in [3.63, 3.8) is 0 Å². The molecule has 3 aromatic carbocycles. The molecule has 122 valence electrons. The number of benzene rings is 3. The van der Waals surface area contributed by atoms with E-state index in [2.05, 4.69) is 11.3 Å². The fourth-order valence-corrected chi connectivity index (χ4v) is 3.07. The Bertz CT molecular complexity index is 993. The van der Waals surface area contributed by atoms with Gasteiger partial charge in [0, 0.05) is 11.1 Å². The largest absolute Gasteiger partial charge is 0.508 e. The van der Waals surface area contributed by atoms with Gasteiger partial charge in [-0.15, -0.1) is 0 Å². The van der Waals surface area contributed by atoms with Crippen molar-refractivity contribution in [1.29, 1.82) is 0 Å². The number of phenolic OH excluding ortho intramolecular Hbond substituents is 1. The van der Waals surface area contributed by atoms with Gasteiger partial charge in [-0.05, 0) is 52.6 Å². The van der Waals surface area contributed by atoms with Crippen LogP contribution in [0.4, 0.5) is 5.69 Å². The SMILES string of the molecule is C=CS(=O)(=O)Nc1ccc(Cc2ccc3ccc(O)cc3c2)cc1. The second kappa shape index (κ2) is 6.37. The predicted octanol–water partition coefficient (Wildman–Crippen LogP) is 4.02. The van der Waals surface area contributed by atoms with Crippen molar-refractivity contribution in [3.8, 4) is 5.75 Å². The smallest absolute Gasteiger partial charge is 0.254 e. The summed E-state index contributed by atoms with van der Waals surface area (Å²) in [6.07, 6.45) is 0.722. The van der Waals surface area contributed by atoms with Crippen molar-refractivity contribution in [1.82, 2.24) is 0 Å². The minimum absolute atomic E-state index is 0.249. The normalized spacial score (nSPS) is 11.3. The highest BCUT2D eigenvalue weighted by atomic mass is 32.2. The minimum Gasteiger partial charge on any atom is -0.508 e. The number of hydrogen-bond donors (Lipinski definition) is 2. The van der Waals surface area contributed by atoms with E-state index in [9.17, 15) is 13.5 Å². The van der Waals surface area contributed by atoms with Crippen molar-refractivity contribution < 1.29 is 13.5 Å². The third kappa shape index (κ3) is 3.75. The van der Waals surface area contributed by atoms with Gasteiger partial charge in [-0.2, -0.15) is 0 Å². The van der Waals surface area contributed by atoms with Crippen LogP contribution >= 0.6 is 0 Å². The maximum absolute atomic E-state index is 11.4. The van der Waals surface area contributed by atoms with E-state index in [4.69, 9.17) is 0 Å². The fourth-order valence-electron chi connectivity index (χ4n) is 2.53. The molecule has 3 aromatic rings. The van der Waals surface area contributed by atoms with Gasteiger partial charge in [0.1, 0.15) is 5.75 Å². The zero-order valence-electron chi connectivity index (χ0n) is 12.9. The van der Waals surface area contributed by atoms with Gasteiger partial charge in [-0.25, -0.2) is 8.42 Å². The number of hydrogen-bond acceptors (Lipinski definition) is 3. The molecular weight excluding hydrogens is 322 g/mol. The summed E-state index contributed by atoms with van der Waals surface area (Å²) < 4.78 is 25.3. The first-order valence-corrected chi connectivity index (χ1v) is 8.96. The summed E-state index contributed by atoms with van der Waals surface area (Å²) in [5, 5.41) is 12.5. The van der Waals surface area contributed by atoms with Crippen LogP contribution in [0.15, 0.2) is 72.7 Å². The second-order valence-electron chi connectivity index (χ2n) is 5.55. The van der Waals surface area contributed by atoms with Crippen molar-refractivity contribution in [3.05, 3.63) is 83.8 Å². The van der Waals surface area contributed by atoms with Crippen LogP contribution in [0.25, 0.3) is 10.8 Å². The summed E-state index contributed by atoms with van der Waals surface area (Å²) in [6.45, 7) is 3.26. The Hall–Kier alpha value is -2.79. The first-order chi connectivity index (χ1) is 11.4. The lowest BCUT2D eigenvalue weighted by Gasteiger charge is -2.07. The molecule has 2 N–H and O–H groups in total. The zero-order valence-corrected chi connectivity index (χ0v) is 13.8. The van der Waals surface area contributed by atoms with Gasteiger partial charge in [0.2, 0.25) is 0 Å². The molecule has 5 heteroatoms. The van der Waals surface area contributed by atoms with Gasteiger partial charge in [-0.3, -0.25) is 4.72 Å². The predicted molar refractivity (Wildman–Crippen MR) is 97.6 cm³/mol. The maximum atomic E-state index is 11.4. The number of phenols is 1. The average Bonchev–Trinajstić information content (AvgIpc) is 2.56. The Morgan fingerprint density at radius 3 is 2.29 bits per heavy atom. The van der Waals surface area contributed by atoms with E-state index in [0.29, 0.717) is 5.69 Å². The summed E-state index contributed by atoms with van der Waals surface area (Å²) >= 11 is 0. The van der Waals surface area contributed by atoms with Gasteiger partial charge in [0.15, 0.2) is 0 Å². The monoisotopic (exact) mass is 339 g/mol. The van der Waals surface area contributed by atoms with Crippen molar-refractivity contribution in [2.75, 3.05) is 4.72 Å². The molecule has 4 nitrogen and oxygen atoms in total. The lowest BCUT2D eigenvalue weighted by molar-refractivity contribution is 0.476. The van der Waals surface area contributed by atoms with Gasteiger partial charge < -0.3 is 5.11 Å². The number of anilines is 1. The highest BCUT2D eigenvalue weighted by Crippen LogP contribution is 2.23. The molecule has 0 unspecified atom stereocenters. The summed E-state index contributed by atoms with van der Waals surface area (Å²) in [5.74, 6) is 0.249. The highest BCUT2D eigenvalue weighted by Gasteiger charge is 2.05. The third-order valence-corrected chi connectivity index (χ3v) is 4.69. The molecule has 0 saturated heterocycles. The second-order valence-corrected chi connectivity index (χ2v) is 7.18. The molecular formula is C19H17NO3S. The molecule has 0 bridgehead atoms. The molecule has 24 heavy (non-hydrogen) atoms. The Balaban J connectivity index is 1.80. The number of sulfonamides is 1. The molecule has 0 aliphatic rings. The molecule has 0 fully saturated rings.